The molecule has 0 radical (unpaired) electrons. The van der Waals surface area contributed by atoms with E-state index in [0.717, 1.165) is 11.1 Å². The Hall–Kier alpha value is -3.27. The lowest BCUT2D eigenvalue weighted by Crippen LogP contribution is -2.21. The van der Waals surface area contributed by atoms with E-state index in [1.165, 1.54) is 29.1 Å². The average Bonchev–Trinajstić information content (AvgIpc) is 3.13. The molecule has 1 aromatic carbocycles. The van der Waals surface area contributed by atoms with Crippen LogP contribution in [0.3, 0.4) is 0 Å². The van der Waals surface area contributed by atoms with Crippen molar-refractivity contribution in [2.24, 2.45) is 0 Å². The number of hydrogen-bond donors (Lipinski definition) is 1. The standard InChI is InChI=1S/C23H21ClN4O4S/c1-13-19-22(32-3)26-17(12-31-2)27-23(19)33-20(13)21(30)25-15-8-9-18(29)28(11-15)10-14-6-4-5-7-16(14)24/h4-9,11H,10,12H2,1-3H3,(H,25,30). The van der Waals surface area contributed by atoms with Gasteiger partial charge in [-0.25, -0.2) is 4.98 Å². The fraction of sp³-hybridized carbons (Fsp3) is 0.217. The lowest BCUT2D eigenvalue weighted by Gasteiger charge is -2.10. The first kappa shape index (κ1) is 22.9. The molecule has 33 heavy (non-hydrogen) atoms. The Bertz CT molecular complexity index is 1400. The van der Waals surface area contributed by atoms with Gasteiger partial charge in [-0.2, -0.15) is 4.98 Å². The van der Waals surface area contributed by atoms with Crippen molar-refractivity contribution in [2.45, 2.75) is 20.1 Å². The van der Waals surface area contributed by atoms with Gasteiger partial charge in [-0.15, -0.1) is 11.3 Å². The third-order valence-electron chi connectivity index (χ3n) is 5.02. The summed E-state index contributed by atoms with van der Waals surface area (Å²) in [4.78, 5) is 35.4. The van der Waals surface area contributed by atoms with Crippen molar-refractivity contribution in [1.82, 2.24) is 14.5 Å². The summed E-state index contributed by atoms with van der Waals surface area (Å²) >= 11 is 7.48. The normalized spacial score (nSPS) is 11.0. The molecule has 0 saturated carbocycles. The van der Waals surface area contributed by atoms with Crippen molar-refractivity contribution >= 4 is 44.7 Å². The Labute approximate surface area is 198 Å². The highest BCUT2D eigenvalue weighted by Crippen LogP contribution is 2.35. The zero-order valence-corrected chi connectivity index (χ0v) is 19.8. The Balaban J connectivity index is 1.64. The van der Waals surface area contributed by atoms with Crippen LogP contribution in [0.1, 0.15) is 26.6 Å². The predicted molar refractivity (Wildman–Crippen MR) is 129 cm³/mol. The number of halogens is 1. The van der Waals surface area contributed by atoms with Crippen molar-refractivity contribution < 1.29 is 14.3 Å². The quantitative estimate of drug-likeness (QED) is 0.421. The molecule has 0 aliphatic carbocycles. The maximum atomic E-state index is 13.1. The summed E-state index contributed by atoms with van der Waals surface area (Å²) in [5.74, 6) is 0.559. The number of pyridine rings is 1. The van der Waals surface area contributed by atoms with Gasteiger partial charge in [-0.3, -0.25) is 9.59 Å². The zero-order chi connectivity index (χ0) is 23.5. The second kappa shape index (κ2) is 9.70. The summed E-state index contributed by atoms with van der Waals surface area (Å²) in [6.45, 7) is 2.35. The number of nitrogens with one attached hydrogen (secondary N) is 1. The number of amides is 1. The van der Waals surface area contributed by atoms with Crippen molar-refractivity contribution in [1.29, 1.82) is 0 Å². The molecule has 0 unspecified atom stereocenters. The second-order valence-electron chi connectivity index (χ2n) is 7.25. The van der Waals surface area contributed by atoms with Crippen molar-refractivity contribution in [3.05, 3.63) is 79.8 Å². The van der Waals surface area contributed by atoms with Gasteiger partial charge in [0.25, 0.3) is 11.5 Å². The first-order chi connectivity index (χ1) is 15.9. The third kappa shape index (κ3) is 4.75. The SMILES string of the molecule is COCc1nc(OC)c2c(C)c(C(=O)Nc3ccc(=O)n(Cc4ccccc4Cl)c3)sc2n1. The van der Waals surface area contributed by atoms with Crippen LogP contribution in [0, 0.1) is 6.92 Å². The van der Waals surface area contributed by atoms with Gasteiger partial charge in [0.1, 0.15) is 11.4 Å². The molecule has 0 aliphatic heterocycles. The van der Waals surface area contributed by atoms with Crippen molar-refractivity contribution in [3.63, 3.8) is 0 Å². The van der Waals surface area contributed by atoms with E-state index in [4.69, 9.17) is 21.1 Å². The molecule has 0 saturated heterocycles. The molecular weight excluding hydrogens is 464 g/mol. The van der Waals surface area contributed by atoms with Gasteiger partial charge in [0.05, 0.1) is 29.6 Å². The number of thiophene rings is 1. The summed E-state index contributed by atoms with van der Waals surface area (Å²) in [5.41, 5.74) is 1.82. The van der Waals surface area contributed by atoms with Crippen LogP contribution in [-0.4, -0.2) is 34.7 Å². The highest BCUT2D eigenvalue weighted by molar-refractivity contribution is 7.20. The highest BCUT2D eigenvalue weighted by Gasteiger charge is 2.21. The van der Waals surface area contributed by atoms with Gasteiger partial charge in [-0.1, -0.05) is 29.8 Å². The zero-order valence-electron chi connectivity index (χ0n) is 18.2. The number of carbonyl (C=O) groups excluding carboxylic acids is 1. The number of anilines is 1. The summed E-state index contributed by atoms with van der Waals surface area (Å²) in [5, 5.41) is 4.13. The lowest BCUT2D eigenvalue weighted by atomic mass is 10.2. The molecule has 0 bridgehead atoms. The third-order valence-corrected chi connectivity index (χ3v) is 6.57. The van der Waals surface area contributed by atoms with E-state index in [1.807, 2.05) is 25.1 Å². The van der Waals surface area contributed by atoms with E-state index in [2.05, 4.69) is 15.3 Å². The molecule has 8 nitrogen and oxygen atoms in total. The van der Waals surface area contributed by atoms with E-state index in [9.17, 15) is 9.59 Å². The van der Waals surface area contributed by atoms with Crippen molar-refractivity contribution in [3.8, 4) is 5.88 Å². The van der Waals surface area contributed by atoms with E-state index in [1.54, 1.807) is 25.4 Å². The molecule has 3 heterocycles. The number of carbonyl (C=O) groups is 1. The topological polar surface area (TPSA) is 95.3 Å². The monoisotopic (exact) mass is 484 g/mol. The fourth-order valence-corrected chi connectivity index (χ4v) is 4.71. The van der Waals surface area contributed by atoms with E-state index in [-0.39, 0.29) is 18.1 Å². The van der Waals surface area contributed by atoms with E-state index < -0.39 is 0 Å². The molecule has 0 fully saturated rings. The number of fused-ring (bicyclic) bond motifs is 1. The number of hydrogen-bond acceptors (Lipinski definition) is 7. The molecule has 0 aliphatic rings. The molecular formula is C23H21ClN4O4S. The van der Waals surface area contributed by atoms with E-state index >= 15 is 0 Å². The van der Waals surface area contributed by atoms with E-state index in [0.29, 0.717) is 44.1 Å². The Morgan fingerprint density at radius 2 is 1.97 bits per heavy atom. The number of methoxy groups -OCH3 is 2. The number of ether oxygens (including phenoxy) is 2. The molecule has 10 heteroatoms. The molecule has 0 atom stereocenters. The largest absolute Gasteiger partial charge is 0.480 e. The number of aryl methyl sites for hydroxylation is 1. The summed E-state index contributed by atoms with van der Waals surface area (Å²) in [7, 11) is 3.08. The maximum Gasteiger partial charge on any atom is 0.266 e. The number of nitrogens with zero attached hydrogens (tertiary/aromatic N) is 3. The maximum absolute atomic E-state index is 13.1. The van der Waals surface area contributed by atoms with Crippen LogP contribution in [0.4, 0.5) is 5.69 Å². The van der Waals surface area contributed by atoms with Crippen LogP contribution in [0.15, 0.2) is 47.4 Å². The van der Waals surface area contributed by atoms with Gasteiger partial charge < -0.3 is 19.4 Å². The van der Waals surface area contributed by atoms with Gasteiger partial charge in [0.15, 0.2) is 5.82 Å². The Morgan fingerprint density at radius 3 is 2.70 bits per heavy atom. The minimum absolute atomic E-state index is 0.198. The molecule has 4 aromatic rings. The highest BCUT2D eigenvalue weighted by atomic mass is 35.5. The smallest absolute Gasteiger partial charge is 0.266 e. The van der Waals surface area contributed by atoms with Gasteiger partial charge in [0.2, 0.25) is 5.88 Å². The summed E-state index contributed by atoms with van der Waals surface area (Å²) in [6, 6.07) is 10.3. The number of aromatic nitrogens is 3. The Morgan fingerprint density at radius 1 is 1.18 bits per heavy atom. The van der Waals surface area contributed by atoms with Crippen LogP contribution in [-0.2, 0) is 17.9 Å². The molecule has 1 N–H and O–H groups in total. The van der Waals surface area contributed by atoms with Crippen LogP contribution in [0.5, 0.6) is 5.88 Å². The second-order valence-corrected chi connectivity index (χ2v) is 8.65. The van der Waals surface area contributed by atoms with Gasteiger partial charge in [0, 0.05) is 24.4 Å². The predicted octanol–water partition coefficient (Wildman–Crippen LogP) is 4.27. The lowest BCUT2D eigenvalue weighted by molar-refractivity contribution is 0.103. The fourth-order valence-electron chi connectivity index (χ4n) is 3.43. The van der Waals surface area contributed by atoms with Crippen LogP contribution < -0.4 is 15.6 Å². The van der Waals surface area contributed by atoms with Crippen LogP contribution in [0.25, 0.3) is 10.2 Å². The number of rotatable bonds is 7. The minimum Gasteiger partial charge on any atom is -0.480 e. The number of benzene rings is 1. The summed E-state index contributed by atoms with van der Waals surface area (Å²) < 4.78 is 12.0. The molecule has 1 amide bonds. The molecule has 170 valence electrons. The molecule has 0 spiro atoms. The molecule has 4 rings (SSSR count). The average molecular weight is 485 g/mol. The van der Waals surface area contributed by atoms with Crippen LogP contribution >= 0.6 is 22.9 Å². The van der Waals surface area contributed by atoms with Crippen molar-refractivity contribution in [2.75, 3.05) is 19.5 Å². The van der Waals surface area contributed by atoms with Gasteiger partial charge in [-0.05, 0) is 30.2 Å². The minimum atomic E-state index is -0.311. The first-order valence-corrected chi connectivity index (χ1v) is 11.2. The summed E-state index contributed by atoms with van der Waals surface area (Å²) in [6.07, 6.45) is 1.60. The Kier molecular flexibility index (Phi) is 6.73. The molecule has 3 aromatic heterocycles. The van der Waals surface area contributed by atoms with Crippen LogP contribution in [0.2, 0.25) is 5.02 Å². The van der Waals surface area contributed by atoms with Gasteiger partial charge >= 0.3 is 0 Å². The first-order valence-electron chi connectivity index (χ1n) is 9.99.